The largest absolute Gasteiger partial charge is 0.355 e. The van der Waals surface area contributed by atoms with Gasteiger partial charge in [0.25, 0.3) is 0 Å². The molecule has 2 rings (SSSR count). The zero-order valence-electron chi connectivity index (χ0n) is 12.9. The van der Waals surface area contributed by atoms with Gasteiger partial charge in [0.2, 0.25) is 5.91 Å². The lowest BCUT2D eigenvalue weighted by molar-refractivity contribution is -0.121. The topological polar surface area (TPSA) is 64.0 Å². The van der Waals surface area contributed by atoms with Gasteiger partial charge in [0.05, 0.1) is 16.8 Å². The van der Waals surface area contributed by atoms with Crippen molar-refractivity contribution in [1.29, 1.82) is 0 Å². The van der Waals surface area contributed by atoms with Crippen molar-refractivity contribution in [3.05, 3.63) is 30.1 Å². The molecule has 0 saturated carbocycles. The number of para-hydroxylation sites is 2. The number of fused-ring (bicyclic) bond motifs is 1. The summed E-state index contributed by atoms with van der Waals surface area (Å²) >= 11 is 1.69. The van der Waals surface area contributed by atoms with Crippen LogP contribution in [0.5, 0.6) is 0 Å². The lowest BCUT2D eigenvalue weighted by Gasteiger charge is -2.09. The third kappa shape index (κ3) is 4.58. The minimum Gasteiger partial charge on any atom is -0.355 e. The van der Waals surface area contributed by atoms with E-state index < -0.39 is 10.8 Å². The van der Waals surface area contributed by atoms with E-state index in [0.717, 1.165) is 29.0 Å². The van der Waals surface area contributed by atoms with E-state index in [1.54, 1.807) is 18.0 Å². The van der Waals surface area contributed by atoms with E-state index in [9.17, 15) is 9.00 Å². The number of nitrogens with one attached hydrogen (secondary N) is 1. The molecule has 0 aliphatic heterocycles. The van der Waals surface area contributed by atoms with Gasteiger partial charge in [-0.1, -0.05) is 12.1 Å². The molecule has 22 heavy (non-hydrogen) atoms. The quantitative estimate of drug-likeness (QED) is 0.745. The predicted molar refractivity (Wildman–Crippen MR) is 93.5 cm³/mol. The van der Waals surface area contributed by atoms with Crippen molar-refractivity contribution in [2.75, 3.05) is 24.8 Å². The highest BCUT2D eigenvalue weighted by molar-refractivity contribution is 7.97. The molecule has 0 unspecified atom stereocenters. The Hall–Kier alpha value is -1.34. The van der Waals surface area contributed by atoms with Crippen molar-refractivity contribution < 1.29 is 9.00 Å². The summed E-state index contributed by atoms with van der Waals surface area (Å²) in [5.41, 5.74) is 1.90. The second-order valence-corrected chi connectivity index (χ2v) is 7.44. The number of benzene rings is 1. The SMILES string of the molecule is CSCc1nc2ccccc2n1CC(=O)NCCC[S@@](C)=O. The minimum absolute atomic E-state index is 0.0348. The monoisotopic (exact) mass is 339 g/mol. The Labute approximate surface area is 137 Å². The summed E-state index contributed by atoms with van der Waals surface area (Å²) in [5, 5.41) is 2.88. The van der Waals surface area contributed by atoms with Crippen LogP contribution in [0.25, 0.3) is 11.0 Å². The van der Waals surface area contributed by atoms with Crippen molar-refractivity contribution in [2.45, 2.75) is 18.7 Å². The number of hydrogen-bond donors (Lipinski definition) is 1. The second-order valence-electron chi connectivity index (χ2n) is 5.02. The molecule has 1 aromatic heterocycles. The molecule has 0 aliphatic carbocycles. The molecular weight excluding hydrogens is 318 g/mol. The zero-order chi connectivity index (χ0) is 15.9. The van der Waals surface area contributed by atoms with Crippen molar-refractivity contribution in [3.8, 4) is 0 Å². The summed E-state index contributed by atoms with van der Waals surface area (Å²) in [6.45, 7) is 0.828. The normalized spacial score (nSPS) is 12.5. The Bertz CT molecular complexity index is 670. The molecule has 0 aliphatic rings. The van der Waals surface area contributed by atoms with E-state index in [0.29, 0.717) is 12.3 Å². The van der Waals surface area contributed by atoms with E-state index in [1.165, 1.54) is 0 Å². The summed E-state index contributed by atoms with van der Waals surface area (Å²) in [4.78, 5) is 16.7. The van der Waals surface area contributed by atoms with Gasteiger partial charge in [-0.2, -0.15) is 11.8 Å². The molecule has 0 spiro atoms. The summed E-state index contributed by atoms with van der Waals surface area (Å²) < 4.78 is 13.0. The lowest BCUT2D eigenvalue weighted by atomic mass is 10.3. The third-order valence-electron chi connectivity index (χ3n) is 3.24. The molecule has 1 aromatic carbocycles. The molecule has 7 heteroatoms. The lowest BCUT2D eigenvalue weighted by Crippen LogP contribution is -2.29. The van der Waals surface area contributed by atoms with E-state index in [2.05, 4.69) is 10.3 Å². The molecule has 0 radical (unpaired) electrons. The van der Waals surface area contributed by atoms with Crippen molar-refractivity contribution in [1.82, 2.24) is 14.9 Å². The highest BCUT2D eigenvalue weighted by Crippen LogP contribution is 2.18. The van der Waals surface area contributed by atoms with Gasteiger partial charge in [0, 0.05) is 29.4 Å². The first kappa shape index (κ1) is 17.0. The third-order valence-corrected chi connectivity index (χ3v) is 4.65. The van der Waals surface area contributed by atoms with Crippen molar-refractivity contribution in [3.63, 3.8) is 0 Å². The van der Waals surface area contributed by atoms with Gasteiger partial charge >= 0.3 is 0 Å². The molecule has 0 saturated heterocycles. The molecular formula is C15H21N3O2S2. The number of carbonyl (C=O) groups excluding carboxylic acids is 1. The van der Waals surface area contributed by atoms with Crippen LogP contribution in [-0.2, 0) is 27.9 Å². The smallest absolute Gasteiger partial charge is 0.240 e. The Morgan fingerprint density at radius 1 is 1.41 bits per heavy atom. The number of rotatable bonds is 8. The van der Waals surface area contributed by atoms with Crippen LogP contribution >= 0.6 is 11.8 Å². The maximum Gasteiger partial charge on any atom is 0.240 e. The summed E-state index contributed by atoms with van der Waals surface area (Å²) in [5.74, 6) is 2.27. The Balaban J connectivity index is 2.04. The zero-order valence-corrected chi connectivity index (χ0v) is 14.5. The summed E-state index contributed by atoms with van der Waals surface area (Å²) in [6, 6.07) is 7.86. The standard InChI is InChI=1S/C15H21N3O2S2/c1-21-11-14-17-12-6-3-4-7-13(12)18(14)10-15(19)16-8-5-9-22(2)20/h3-4,6-7H,5,8-11H2,1-2H3,(H,16,19)/t22-/m1/s1. The molecule has 1 N–H and O–H groups in total. The maximum absolute atomic E-state index is 12.1. The Morgan fingerprint density at radius 2 is 2.18 bits per heavy atom. The van der Waals surface area contributed by atoms with Gasteiger partial charge in [0.15, 0.2) is 0 Å². The molecule has 1 atom stereocenters. The molecule has 0 bridgehead atoms. The number of imidazole rings is 1. The van der Waals surface area contributed by atoms with Crippen LogP contribution in [0.4, 0.5) is 0 Å². The maximum atomic E-state index is 12.1. The van der Waals surface area contributed by atoms with E-state index in [4.69, 9.17) is 0 Å². The number of nitrogens with zero attached hydrogens (tertiary/aromatic N) is 2. The van der Waals surface area contributed by atoms with Crippen LogP contribution in [0.2, 0.25) is 0 Å². The van der Waals surface area contributed by atoms with Gasteiger partial charge in [-0.25, -0.2) is 4.98 Å². The second kappa shape index (κ2) is 8.33. The van der Waals surface area contributed by atoms with Gasteiger partial charge in [-0.3, -0.25) is 9.00 Å². The first-order chi connectivity index (χ1) is 10.6. The average Bonchev–Trinajstić information content (AvgIpc) is 2.82. The number of aromatic nitrogens is 2. The van der Waals surface area contributed by atoms with Crippen molar-refractivity contribution >= 4 is 39.5 Å². The van der Waals surface area contributed by atoms with Crippen LogP contribution in [0.15, 0.2) is 24.3 Å². The molecule has 5 nitrogen and oxygen atoms in total. The highest BCUT2D eigenvalue weighted by atomic mass is 32.2. The molecule has 0 fully saturated rings. The predicted octanol–water partition coefficient (Wildman–Crippen LogP) is 1.78. The summed E-state index contributed by atoms with van der Waals surface area (Å²) in [6.07, 6.45) is 4.43. The Morgan fingerprint density at radius 3 is 2.91 bits per heavy atom. The van der Waals surface area contributed by atoms with Gasteiger partial charge in [-0.15, -0.1) is 0 Å². The van der Waals surface area contributed by atoms with Crippen LogP contribution < -0.4 is 5.32 Å². The minimum atomic E-state index is -0.806. The summed E-state index contributed by atoms with van der Waals surface area (Å²) in [7, 11) is -0.806. The van der Waals surface area contributed by atoms with E-state index >= 15 is 0 Å². The van der Waals surface area contributed by atoms with Crippen LogP contribution in [0, 0.1) is 0 Å². The van der Waals surface area contributed by atoms with E-state index in [-0.39, 0.29) is 12.5 Å². The number of thioether (sulfide) groups is 1. The fourth-order valence-corrected chi connectivity index (χ4v) is 3.27. The average molecular weight is 339 g/mol. The van der Waals surface area contributed by atoms with Gasteiger partial charge < -0.3 is 9.88 Å². The first-order valence-electron chi connectivity index (χ1n) is 7.11. The fourth-order valence-electron chi connectivity index (χ4n) is 2.24. The van der Waals surface area contributed by atoms with Gasteiger partial charge in [-0.05, 0) is 24.8 Å². The van der Waals surface area contributed by atoms with Crippen LogP contribution in [-0.4, -0.2) is 44.5 Å². The van der Waals surface area contributed by atoms with Gasteiger partial charge in [0.1, 0.15) is 12.4 Å². The Kier molecular flexibility index (Phi) is 6.45. The highest BCUT2D eigenvalue weighted by Gasteiger charge is 2.12. The van der Waals surface area contributed by atoms with Crippen LogP contribution in [0.1, 0.15) is 12.2 Å². The molecule has 2 aromatic rings. The van der Waals surface area contributed by atoms with E-state index in [1.807, 2.05) is 35.1 Å². The first-order valence-corrected chi connectivity index (χ1v) is 10.2. The number of hydrogen-bond acceptors (Lipinski definition) is 4. The molecule has 1 amide bonds. The number of amides is 1. The fraction of sp³-hybridized carbons (Fsp3) is 0.467. The molecule has 120 valence electrons. The van der Waals surface area contributed by atoms with Crippen molar-refractivity contribution in [2.24, 2.45) is 0 Å². The molecule has 1 heterocycles. The van der Waals surface area contributed by atoms with Crippen LogP contribution in [0.3, 0.4) is 0 Å². The number of carbonyl (C=O) groups is 1.